The molecule has 0 fully saturated rings. The van der Waals surface area contributed by atoms with Crippen LogP contribution >= 0.6 is 0 Å². The van der Waals surface area contributed by atoms with E-state index < -0.39 is 0 Å². The first-order valence-electron chi connectivity index (χ1n) is 27.7. The van der Waals surface area contributed by atoms with Gasteiger partial charge < -0.3 is 4.90 Å². The van der Waals surface area contributed by atoms with Gasteiger partial charge in [0.1, 0.15) is 0 Å². The molecule has 2 heterocycles. The highest BCUT2D eigenvalue weighted by Crippen LogP contribution is 2.51. The Labute approximate surface area is 471 Å². The van der Waals surface area contributed by atoms with E-state index in [1.54, 1.807) is 0 Å². The van der Waals surface area contributed by atoms with Gasteiger partial charge in [0.25, 0.3) is 0 Å². The molecule has 3 nitrogen and oxygen atoms in total. The number of fused-ring (bicyclic) bond motifs is 6. The van der Waals surface area contributed by atoms with Crippen LogP contribution in [0, 0.1) is 0 Å². The highest BCUT2D eigenvalue weighted by atomic mass is 15.1. The lowest BCUT2D eigenvalue weighted by Gasteiger charge is -2.26. The van der Waals surface area contributed by atoms with Gasteiger partial charge in [-0.15, -0.1) is 0 Å². The monoisotopic (exact) mass is 1030 g/mol. The largest absolute Gasteiger partial charge is 0.311 e. The van der Waals surface area contributed by atoms with Crippen molar-refractivity contribution in [1.29, 1.82) is 0 Å². The van der Waals surface area contributed by atoms with Crippen LogP contribution in [0.15, 0.2) is 298 Å². The van der Waals surface area contributed by atoms with Gasteiger partial charge in [0.05, 0.1) is 0 Å². The maximum Gasteiger partial charge on any atom is 0.0462 e. The lowest BCUT2D eigenvalue weighted by atomic mass is 9.90. The Kier molecular flexibility index (Phi) is 10.9. The maximum absolute atomic E-state index is 4.38. The van der Waals surface area contributed by atoms with Crippen LogP contribution < -0.4 is 4.90 Å². The molecule has 14 aromatic rings. The minimum atomic E-state index is 1.06. The van der Waals surface area contributed by atoms with Crippen LogP contribution in [0.4, 0.5) is 17.1 Å². The van der Waals surface area contributed by atoms with E-state index in [0.29, 0.717) is 0 Å². The normalized spacial score (nSPS) is 11.7. The van der Waals surface area contributed by atoms with Crippen LogP contribution in [-0.2, 0) is 0 Å². The van der Waals surface area contributed by atoms with E-state index in [-0.39, 0.29) is 0 Å². The number of rotatable bonds is 10. The summed E-state index contributed by atoms with van der Waals surface area (Å²) in [6.45, 7) is 0. The van der Waals surface area contributed by atoms with Crippen LogP contribution in [0.5, 0.6) is 0 Å². The summed E-state index contributed by atoms with van der Waals surface area (Å²) in [6, 6.07) is 101. The summed E-state index contributed by atoms with van der Waals surface area (Å²) >= 11 is 0. The van der Waals surface area contributed by atoms with Crippen molar-refractivity contribution in [2.75, 3.05) is 4.90 Å². The van der Waals surface area contributed by atoms with Gasteiger partial charge in [-0.1, -0.05) is 206 Å². The highest BCUT2D eigenvalue weighted by molar-refractivity contribution is 6.20. The second-order valence-corrected chi connectivity index (χ2v) is 21.3. The molecule has 0 amide bonds. The number of nitrogens with zero attached hydrogens (tertiary/aromatic N) is 3. The second-order valence-electron chi connectivity index (χ2n) is 21.3. The Morgan fingerprint density at radius 2 is 0.494 bits per heavy atom. The van der Waals surface area contributed by atoms with Crippen LogP contribution in [0.1, 0.15) is 0 Å². The lowest BCUT2D eigenvalue weighted by Crippen LogP contribution is -2.09. The van der Waals surface area contributed by atoms with E-state index in [9.17, 15) is 0 Å². The molecule has 12 aromatic carbocycles. The summed E-state index contributed by atoms with van der Waals surface area (Å²) < 4.78 is 0. The average Bonchev–Trinajstić information content (AvgIpc) is 4.29. The van der Waals surface area contributed by atoms with E-state index in [1.807, 2.05) is 36.9 Å². The molecule has 0 saturated heterocycles. The van der Waals surface area contributed by atoms with E-state index in [1.165, 1.54) is 88.3 Å². The molecule has 0 radical (unpaired) electrons. The summed E-state index contributed by atoms with van der Waals surface area (Å²) in [5, 5.41) is 5.26. The number of hydrogen-bond donors (Lipinski definition) is 0. The molecule has 2 aromatic heterocycles. The van der Waals surface area contributed by atoms with Gasteiger partial charge in [0.15, 0.2) is 0 Å². The molecular weight excluding hydrogens is 979 g/mol. The zero-order valence-electron chi connectivity index (χ0n) is 44.1. The zero-order chi connectivity index (χ0) is 53.4. The topological polar surface area (TPSA) is 29.0 Å². The van der Waals surface area contributed by atoms with E-state index in [0.717, 1.165) is 72.7 Å². The molecule has 2 aliphatic rings. The van der Waals surface area contributed by atoms with Crippen molar-refractivity contribution in [3.63, 3.8) is 0 Å². The first kappa shape index (κ1) is 46.4. The van der Waals surface area contributed by atoms with E-state index in [4.69, 9.17) is 0 Å². The molecule has 376 valence electrons. The predicted molar refractivity (Wildman–Crippen MR) is 339 cm³/mol. The maximum atomic E-state index is 4.38. The zero-order valence-corrected chi connectivity index (χ0v) is 44.1. The van der Waals surface area contributed by atoms with E-state index >= 15 is 0 Å². The highest BCUT2D eigenvalue weighted by Gasteiger charge is 2.24. The van der Waals surface area contributed by atoms with Crippen molar-refractivity contribution in [3.8, 4) is 122 Å². The summed E-state index contributed by atoms with van der Waals surface area (Å²) in [5.74, 6) is 0. The van der Waals surface area contributed by atoms with Crippen LogP contribution in [0.3, 0.4) is 0 Å². The standard InChI is InChI=1S/C78H49N3/c1-3-13-69-67(11-1)73-17-5-15-71-65(39-41-75(69)77(71)73)55-23-19-52(20-24-55)59-45-60(53-21-25-56(26-22-53)66-40-42-76-70-14-4-2-12-68(70)74-18-6-16-72(66)78(74)76)47-61(46-59)54-31-37-64(38-32-54)81(62-33-27-50(28-34-62)57-9-7-43-79-48-57)63-35-29-51(30-36-63)58-10-8-44-80-49-58/h1-49H. The molecule has 0 unspecified atom stereocenters. The van der Waals surface area contributed by atoms with Gasteiger partial charge in [-0.3, -0.25) is 9.97 Å². The summed E-state index contributed by atoms with van der Waals surface area (Å²) in [5.41, 5.74) is 29.9. The molecular formula is C78H49N3. The molecule has 0 bridgehead atoms. The summed E-state index contributed by atoms with van der Waals surface area (Å²) in [4.78, 5) is 11.1. The van der Waals surface area contributed by atoms with Gasteiger partial charge in [-0.05, 0) is 211 Å². The third-order valence-electron chi connectivity index (χ3n) is 16.8. The first-order chi connectivity index (χ1) is 40.1. The summed E-state index contributed by atoms with van der Waals surface area (Å²) in [6.07, 6.45) is 7.46. The van der Waals surface area contributed by atoms with Gasteiger partial charge in [-0.25, -0.2) is 0 Å². The van der Waals surface area contributed by atoms with Crippen molar-refractivity contribution in [2.24, 2.45) is 0 Å². The first-order valence-corrected chi connectivity index (χ1v) is 27.7. The van der Waals surface area contributed by atoms with Gasteiger partial charge in [0, 0.05) is 41.8 Å². The Hall–Kier alpha value is -10.7. The molecule has 3 heteroatoms. The third kappa shape index (κ3) is 7.89. The fourth-order valence-corrected chi connectivity index (χ4v) is 12.9. The van der Waals surface area contributed by atoms with Crippen LogP contribution in [-0.4, -0.2) is 9.97 Å². The van der Waals surface area contributed by atoms with Gasteiger partial charge >= 0.3 is 0 Å². The minimum Gasteiger partial charge on any atom is -0.311 e. The Morgan fingerprint density at radius 3 is 0.840 bits per heavy atom. The smallest absolute Gasteiger partial charge is 0.0462 e. The van der Waals surface area contributed by atoms with Crippen molar-refractivity contribution in [1.82, 2.24) is 9.97 Å². The third-order valence-corrected chi connectivity index (χ3v) is 16.8. The lowest BCUT2D eigenvalue weighted by molar-refractivity contribution is 1.28. The molecule has 16 rings (SSSR count). The number of anilines is 3. The number of benzene rings is 12. The molecule has 81 heavy (non-hydrogen) atoms. The Balaban J connectivity index is 0.782. The Morgan fingerprint density at radius 1 is 0.198 bits per heavy atom. The predicted octanol–water partition coefficient (Wildman–Crippen LogP) is 21.2. The fraction of sp³-hybridized carbons (Fsp3) is 0. The number of aromatic nitrogens is 2. The number of hydrogen-bond acceptors (Lipinski definition) is 3. The van der Waals surface area contributed by atoms with Gasteiger partial charge in [-0.2, -0.15) is 0 Å². The molecule has 2 aliphatic carbocycles. The van der Waals surface area contributed by atoms with Crippen molar-refractivity contribution in [2.45, 2.75) is 0 Å². The summed E-state index contributed by atoms with van der Waals surface area (Å²) in [7, 11) is 0. The average molecular weight is 1030 g/mol. The molecule has 0 spiro atoms. The molecule has 0 N–H and O–H groups in total. The van der Waals surface area contributed by atoms with Crippen LogP contribution in [0.2, 0.25) is 0 Å². The van der Waals surface area contributed by atoms with Crippen molar-refractivity contribution in [3.05, 3.63) is 298 Å². The quantitative estimate of drug-likeness (QED) is 0.137. The fourth-order valence-electron chi connectivity index (χ4n) is 12.9. The molecule has 0 saturated carbocycles. The molecule has 0 aliphatic heterocycles. The van der Waals surface area contributed by atoms with Crippen molar-refractivity contribution < 1.29 is 0 Å². The second kappa shape index (κ2) is 19.0. The SMILES string of the molecule is c1cncc(-c2ccc(N(c3ccc(-c4cccnc4)cc3)c3ccc(-c4cc(-c5ccc(-c6ccc7c8c(cccc68)-c6ccccc6-7)cc5)cc(-c5ccc(-c6ccc7c8c(cccc68)-c6ccccc6-7)cc5)c4)cc3)cc2)c1. The van der Waals surface area contributed by atoms with Gasteiger partial charge in [0.2, 0.25) is 0 Å². The number of pyridine rings is 2. The Bertz CT molecular complexity index is 4400. The minimum absolute atomic E-state index is 1.06. The molecule has 0 atom stereocenters. The van der Waals surface area contributed by atoms with Crippen LogP contribution in [0.25, 0.3) is 144 Å². The van der Waals surface area contributed by atoms with E-state index in [2.05, 4.69) is 276 Å². The van der Waals surface area contributed by atoms with Crippen molar-refractivity contribution >= 4 is 38.6 Å².